The SMILES string of the molecule is CCCCCCCCCOC(=O)CCCCCCCCC(=O)Oc1ccc(Cl)cc1. The van der Waals surface area contributed by atoms with Gasteiger partial charge in [0.05, 0.1) is 6.61 Å². The van der Waals surface area contributed by atoms with Gasteiger partial charge in [-0.1, -0.05) is 82.7 Å². The molecular weight excluding hydrogens is 400 g/mol. The van der Waals surface area contributed by atoms with Gasteiger partial charge >= 0.3 is 11.9 Å². The van der Waals surface area contributed by atoms with E-state index in [1.165, 1.54) is 32.1 Å². The number of unbranched alkanes of at least 4 members (excludes halogenated alkanes) is 11. The number of carbonyl (C=O) groups is 2. The van der Waals surface area contributed by atoms with Crippen LogP contribution in [0.15, 0.2) is 24.3 Å². The van der Waals surface area contributed by atoms with Gasteiger partial charge in [0.1, 0.15) is 5.75 Å². The van der Waals surface area contributed by atoms with Gasteiger partial charge in [-0.25, -0.2) is 0 Å². The van der Waals surface area contributed by atoms with Crippen LogP contribution in [0.25, 0.3) is 0 Å². The molecule has 0 aromatic heterocycles. The first kappa shape index (κ1) is 26.5. The third-order valence-corrected chi connectivity index (χ3v) is 5.32. The highest BCUT2D eigenvalue weighted by atomic mass is 35.5. The summed E-state index contributed by atoms with van der Waals surface area (Å²) in [5.74, 6) is 0.259. The van der Waals surface area contributed by atoms with Crippen LogP contribution in [0.2, 0.25) is 5.02 Å². The first-order valence-corrected chi connectivity index (χ1v) is 12.1. The van der Waals surface area contributed by atoms with Gasteiger partial charge in [0, 0.05) is 17.9 Å². The summed E-state index contributed by atoms with van der Waals surface area (Å²) in [7, 11) is 0. The van der Waals surface area contributed by atoms with Crippen LogP contribution in [-0.2, 0) is 14.3 Å². The second-order valence-electron chi connectivity index (χ2n) is 7.89. The highest BCUT2D eigenvalue weighted by molar-refractivity contribution is 6.30. The summed E-state index contributed by atoms with van der Waals surface area (Å²) in [5.41, 5.74) is 0. The normalized spacial score (nSPS) is 10.7. The maximum atomic E-state index is 11.8. The van der Waals surface area contributed by atoms with Crippen molar-refractivity contribution < 1.29 is 19.1 Å². The average molecular weight is 439 g/mol. The summed E-state index contributed by atoms with van der Waals surface area (Å²) in [6, 6.07) is 6.80. The number of rotatable bonds is 18. The minimum Gasteiger partial charge on any atom is -0.466 e. The van der Waals surface area contributed by atoms with E-state index in [9.17, 15) is 9.59 Å². The summed E-state index contributed by atoms with van der Waals surface area (Å²) in [4.78, 5) is 23.5. The molecule has 0 unspecified atom stereocenters. The Hall–Kier alpha value is -1.55. The van der Waals surface area contributed by atoms with Crippen LogP contribution in [0.3, 0.4) is 0 Å². The van der Waals surface area contributed by atoms with Crippen molar-refractivity contribution in [3.63, 3.8) is 0 Å². The molecule has 0 amide bonds. The lowest BCUT2D eigenvalue weighted by atomic mass is 10.1. The number of esters is 2. The third-order valence-electron chi connectivity index (χ3n) is 5.07. The summed E-state index contributed by atoms with van der Waals surface area (Å²) in [5, 5.41) is 0.622. The van der Waals surface area contributed by atoms with Gasteiger partial charge in [-0.15, -0.1) is 0 Å². The van der Waals surface area contributed by atoms with E-state index in [1.54, 1.807) is 24.3 Å². The van der Waals surface area contributed by atoms with Crippen molar-refractivity contribution in [1.82, 2.24) is 0 Å². The smallest absolute Gasteiger partial charge is 0.311 e. The van der Waals surface area contributed by atoms with Crippen molar-refractivity contribution in [2.45, 2.75) is 103 Å². The molecule has 30 heavy (non-hydrogen) atoms. The van der Waals surface area contributed by atoms with Crippen molar-refractivity contribution in [1.29, 1.82) is 0 Å². The number of halogens is 1. The van der Waals surface area contributed by atoms with Gasteiger partial charge in [-0.3, -0.25) is 9.59 Å². The van der Waals surface area contributed by atoms with E-state index in [-0.39, 0.29) is 11.9 Å². The molecule has 4 nitrogen and oxygen atoms in total. The fourth-order valence-corrected chi connectivity index (χ4v) is 3.37. The lowest BCUT2D eigenvalue weighted by molar-refractivity contribution is -0.144. The number of carbonyl (C=O) groups excluding carboxylic acids is 2. The maximum absolute atomic E-state index is 11.8. The molecule has 0 aliphatic heterocycles. The third kappa shape index (κ3) is 15.3. The van der Waals surface area contributed by atoms with Gasteiger partial charge in [-0.05, 0) is 43.5 Å². The lowest BCUT2D eigenvalue weighted by Crippen LogP contribution is -2.07. The largest absolute Gasteiger partial charge is 0.466 e. The predicted molar refractivity (Wildman–Crippen MR) is 123 cm³/mol. The van der Waals surface area contributed by atoms with Gasteiger partial charge < -0.3 is 9.47 Å². The Balaban J connectivity index is 1.85. The average Bonchev–Trinajstić information content (AvgIpc) is 2.73. The molecule has 0 saturated carbocycles. The molecule has 0 aliphatic carbocycles. The highest BCUT2D eigenvalue weighted by Crippen LogP contribution is 2.17. The molecule has 0 N–H and O–H groups in total. The zero-order chi connectivity index (χ0) is 21.9. The number of hydrogen-bond acceptors (Lipinski definition) is 4. The summed E-state index contributed by atoms with van der Waals surface area (Å²) < 4.78 is 10.6. The Morgan fingerprint density at radius 3 is 1.80 bits per heavy atom. The van der Waals surface area contributed by atoms with Crippen LogP contribution in [0, 0.1) is 0 Å². The molecule has 170 valence electrons. The van der Waals surface area contributed by atoms with Crippen LogP contribution in [0.5, 0.6) is 5.75 Å². The summed E-state index contributed by atoms with van der Waals surface area (Å²) in [6.45, 7) is 2.79. The first-order chi connectivity index (χ1) is 14.6. The van der Waals surface area contributed by atoms with E-state index in [4.69, 9.17) is 21.1 Å². The van der Waals surface area contributed by atoms with Crippen LogP contribution < -0.4 is 4.74 Å². The monoisotopic (exact) mass is 438 g/mol. The minimum absolute atomic E-state index is 0.0640. The summed E-state index contributed by atoms with van der Waals surface area (Å²) >= 11 is 5.81. The van der Waals surface area contributed by atoms with Crippen molar-refractivity contribution in [3.8, 4) is 5.75 Å². The molecule has 0 radical (unpaired) electrons. The number of ether oxygens (including phenoxy) is 2. The quantitative estimate of drug-likeness (QED) is 0.134. The Bertz CT molecular complexity index is 571. The first-order valence-electron chi connectivity index (χ1n) is 11.7. The molecule has 1 rings (SSSR count). The Morgan fingerprint density at radius 2 is 1.20 bits per heavy atom. The molecule has 0 bridgehead atoms. The van der Waals surface area contributed by atoms with Gasteiger partial charge in [-0.2, -0.15) is 0 Å². The molecule has 0 heterocycles. The van der Waals surface area contributed by atoms with Crippen LogP contribution in [0.1, 0.15) is 103 Å². The van der Waals surface area contributed by atoms with Crippen molar-refractivity contribution in [2.75, 3.05) is 6.61 Å². The van der Waals surface area contributed by atoms with Crippen molar-refractivity contribution >= 4 is 23.5 Å². The molecule has 0 fully saturated rings. The molecule has 5 heteroatoms. The fourth-order valence-electron chi connectivity index (χ4n) is 3.25. The minimum atomic E-state index is -0.207. The number of hydrogen-bond donors (Lipinski definition) is 0. The fraction of sp³-hybridized carbons (Fsp3) is 0.680. The van der Waals surface area contributed by atoms with Crippen LogP contribution in [-0.4, -0.2) is 18.5 Å². The van der Waals surface area contributed by atoms with Crippen LogP contribution >= 0.6 is 11.6 Å². The molecule has 0 aliphatic rings. The van der Waals surface area contributed by atoms with E-state index in [2.05, 4.69) is 6.92 Å². The van der Waals surface area contributed by atoms with Crippen molar-refractivity contribution in [3.05, 3.63) is 29.3 Å². The number of benzene rings is 1. The summed E-state index contributed by atoms with van der Waals surface area (Å²) in [6.07, 6.45) is 15.4. The van der Waals surface area contributed by atoms with E-state index in [0.29, 0.717) is 30.2 Å². The molecule has 0 spiro atoms. The standard InChI is InChI=1S/C25H39ClO4/c1-2-3-4-5-8-11-14-21-29-24(27)15-12-9-6-7-10-13-16-25(28)30-23-19-17-22(26)18-20-23/h17-20H,2-16,21H2,1H3. The molecule has 0 atom stereocenters. The second-order valence-corrected chi connectivity index (χ2v) is 8.33. The predicted octanol–water partition coefficient (Wildman–Crippen LogP) is 7.66. The van der Waals surface area contributed by atoms with E-state index in [1.807, 2.05) is 0 Å². The second kappa shape index (κ2) is 18.2. The van der Waals surface area contributed by atoms with Crippen molar-refractivity contribution in [2.24, 2.45) is 0 Å². The molecule has 1 aromatic rings. The van der Waals surface area contributed by atoms with Gasteiger partial charge in [0.2, 0.25) is 0 Å². The molecule has 1 aromatic carbocycles. The molecular formula is C25H39ClO4. The van der Waals surface area contributed by atoms with E-state index < -0.39 is 0 Å². The zero-order valence-electron chi connectivity index (χ0n) is 18.6. The van der Waals surface area contributed by atoms with E-state index >= 15 is 0 Å². The Labute approximate surface area is 187 Å². The molecule has 0 saturated heterocycles. The topological polar surface area (TPSA) is 52.6 Å². The van der Waals surface area contributed by atoms with E-state index in [0.717, 1.165) is 51.4 Å². The lowest BCUT2D eigenvalue weighted by Gasteiger charge is -2.06. The van der Waals surface area contributed by atoms with Crippen LogP contribution in [0.4, 0.5) is 0 Å². The Morgan fingerprint density at radius 1 is 0.700 bits per heavy atom. The van der Waals surface area contributed by atoms with Gasteiger partial charge in [0.15, 0.2) is 0 Å². The maximum Gasteiger partial charge on any atom is 0.311 e. The Kier molecular flexibility index (Phi) is 16.1. The highest BCUT2D eigenvalue weighted by Gasteiger charge is 2.05. The zero-order valence-corrected chi connectivity index (χ0v) is 19.4. The van der Waals surface area contributed by atoms with Gasteiger partial charge in [0.25, 0.3) is 0 Å².